The van der Waals surface area contributed by atoms with E-state index in [1.165, 1.54) is 6.07 Å². The Morgan fingerprint density at radius 1 is 0.970 bits per heavy atom. The highest BCUT2D eigenvalue weighted by atomic mass is 19.4. The molecule has 2 N–H and O–H groups in total. The first-order valence-electron chi connectivity index (χ1n) is 11.0. The van der Waals surface area contributed by atoms with Gasteiger partial charge in [-0.2, -0.15) is 18.2 Å². The van der Waals surface area contributed by atoms with Gasteiger partial charge in [0.1, 0.15) is 11.6 Å². The maximum absolute atomic E-state index is 14.1. The molecule has 2 aromatic carbocycles. The second kappa shape index (κ2) is 9.51. The first-order chi connectivity index (χ1) is 15.7. The number of hydrogen-bond acceptors (Lipinski definition) is 5. The Balaban J connectivity index is 1.33. The second-order valence-electron chi connectivity index (χ2n) is 8.66. The minimum atomic E-state index is -4.54. The van der Waals surface area contributed by atoms with Crippen LogP contribution >= 0.6 is 0 Å². The Hall–Kier alpha value is -2.94. The fraction of sp³-hybridized carbons (Fsp3) is 0.417. The van der Waals surface area contributed by atoms with Crippen LogP contribution in [0.2, 0.25) is 0 Å². The molecular formula is C24H27F4N5. The van der Waals surface area contributed by atoms with Crippen molar-refractivity contribution in [1.82, 2.24) is 15.3 Å². The SMILES string of the molecule is CN(C)c1nc(NC2CCC(NCc3ccc(C(F)(F)F)cc3F)CC2)nc2ccccc12. The monoisotopic (exact) mass is 461 g/mol. The number of alkyl halides is 3. The number of para-hydroxylation sites is 1. The smallest absolute Gasteiger partial charge is 0.362 e. The van der Waals surface area contributed by atoms with E-state index in [9.17, 15) is 17.6 Å². The number of nitrogens with zero attached hydrogens (tertiary/aromatic N) is 3. The van der Waals surface area contributed by atoms with E-state index in [2.05, 4.69) is 20.6 Å². The van der Waals surface area contributed by atoms with Gasteiger partial charge < -0.3 is 15.5 Å². The lowest BCUT2D eigenvalue weighted by Crippen LogP contribution is -2.37. The van der Waals surface area contributed by atoms with Gasteiger partial charge in [0.15, 0.2) is 0 Å². The first-order valence-corrected chi connectivity index (χ1v) is 11.0. The molecule has 1 aromatic heterocycles. The van der Waals surface area contributed by atoms with Crippen LogP contribution in [0, 0.1) is 5.82 Å². The highest BCUT2D eigenvalue weighted by molar-refractivity contribution is 5.90. The Morgan fingerprint density at radius 2 is 1.67 bits per heavy atom. The predicted molar refractivity (Wildman–Crippen MR) is 122 cm³/mol. The Bertz CT molecular complexity index is 1110. The average Bonchev–Trinajstić information content (AvgIpc) is 2.78. The van der Waals surface area contributed by atoms with Crippen LogP contribution in [0.3, 0.4) is 0 Å². The maximum atomic E-state index is 14.1. The van der Waals surface area contributed by atoms with Crippen LogP contribution in [0.5, 0.6) is 0 Å². The van der Waals surface area contributed by atoms with Crippen molar-refractivity contribution in [2.75, 3.05) is 24.3 Å². The van der Waals surface area contributed by atoms with E-state index in [4.69, 9.17) is 0 Å². The molecule has 0 saturated heterocycles. The molecule has 5 nitrogen and oxygen atoms in total. The summed E-state index contributed by atoms with van der Waals surface area (Å²) in [6, 6.07) is 11.0. The molecule has 4 rings (SSSR count). The molecule has 0 bridgehead atoms. The molecule has 1 heterocycles. The van der Waals surface area contributed by atoms with Crippen molar-refractivity contribution in [3.8, 4) is 0 Å². The van der Waals surface area contributed by atoms with Gasteiger partial charge in [-0.1, -0.05) is 18.2 Å². The van der Waals surface area contributed by atoms with Gasteiger partial charge in [0.25, 0.3) is 0 Å². The van der Waals surface area contributed by atoms with Gasteiger partial charge in [-0.05, 0) is 49.9 Å². The molecular weight excluding hydrogens is 434 g/mol. The molecule has 0 unspecified atom stereocenters. The van der Waals surface area contributed by atoms with Crippen LogP contribution in [-0.2, 0) is 12.7 Å². The van der Waals surface area contributed by atoms with Crippen LogP contribution in [0.4, 0.5) is 29.3 Å². The zero-order chi connectivity index (χ0) is 23.6. The quantitative estimate of drug-likeness (QED) is 0.484. The van der Waals surface area contributed by atoms with Gasteiger partial charge in [0, 0.05) is 43.7 Å². The third kappa shape index (κ3) is 5.52. The molecule has 0 radical (unpaired) electrons. The fourth-order valence-corrected chi connectivity index (χ4v) is 4.21. The van der Waals surface area contributed by atoms with Crippen molar-refractivity contribution in [2.45, 2.75) is 50.5 Å². The third-order valence-electron chi connectivity index (χ3n) is 6.03. The Morgan fingerprint density at radius 3 is 2.33 bits per heavy atom. The molecule has 1 aliphatic rings. The molecule has 33 heavy (non-hydrogen) atoms. The number of fused-ring (bicyclic) bond motifs is 1. The molecule has 3 aromatic rings. The van der Waals surface area contributed by atoms with Gasteiger partial charge in [-0.25, -0.2) is 9.37 Å². The van der Waals surface area contributed by atoms with Crippen molar-refractivity contribution >= 4 is 22.7 Å². The van der Waals surface area contributed by atoms with E-state index in [0.717, 1.165) is 48.5 Å². The average molecular weight is 462 g/mol. The van der Waals surface area contributed by atoms with Crippen molar-refractivity contribution < 1.29 is 17.6 Å². The number of nitrogens with one attached hydrogen (secondary N) is 2. The Labute approximate surface area is 190 Å². The molecule has 0 amide bonds. The standard InChI is InChI=1S/C24H27F4N5/c1-33(2)22-19-5-3-4-6-21(19)31-23(32-22)30-18-11-9-17(10-12-18)29-14-15-7-8-16(13-20(15)25)24(26,27)28/h3-8,13,17-18,29H,9-12,14H2,1-2H3,(H,30,31,32). The number of halogens is 4. The van der Waals surface area contributed by atoms with Gasteiger partial charge >= 0.3 is 6.18 Å². The first kappa shape index (κ1) is 23.2. The summed E-state index contributed by atoms with van der Waals surface area (Å²) in [4.78, 5) is 11.3. The molecule has 1 fully saturated rings. The van der Waals surface area contributed by atoms with E-state index in [1.54, 1.807) is 0 Å². The molecule has 176 valence electrons. The van der Waals surface area contributed by atoms with Gasteiger partial charge in [0.05, 0.1) is 11.1 Å². The third-order valence-corrected chi connectivity index (χ3v) is 6.03. The lowest BCUT2D eigenvalue weighted by Gasteiger charge is -2.30. The summed E-state index contributed by atoms with van der Waals surface area (Å²) in [5.74, 6) is 0.621. The van der Waals surface area contributed by atoms with Crippen molar-refractivity contribution in [3.05, 3.63) is 59.4 Å². The Kier molecular flexibility index (Phi) is 6.69. The van der Waals surface area contributed by atoms with Crippen LogP contribution in [0.25, 0.3) is 10.9 Å². The van der Waals surface area contributed by atoms with E-state index in [0.29, 0.717) is 12.0 Å². The van der Waals surface area contributed by atoms with Crippen molar-refractivity contribution in [3.63, 3.8) is 0 Å². The second-order valence-corrected chi connectivity index (χ2v) is 8.66. The highest BCUT2D eigenvalue weighted by Gasteiger charge is 2.31. The zero-order valence-electron chi connectivity index (χ0n) is 18.6. The lowest BCUT2D eigenvalue weighted by atomic mass is 9.91. The largest absolute Gasteiger partial charge is 0.416 e. The summed E-state index contributed by atoms with van der Waals surface area (Å²) < 4.78 is 52.2. The highest BCUT2D eigenvalue weighted by Crippen LogP contribution is 2.30. The van der Waals surface area contributed by atoms with Crippen LogP contribution in [0.15, 0.2) is 42.5 Å². The summed E-state index contributed by atoms with van der Waals surface area (Å²) in [7, 11) is 3.91. The van der Waals surface area contributed by atoms with Gasteiger partial charge in [-0.3, -0.25) is 0 Å². The van der Waals surface area contributed by atoms with Crippen molar-refractivity contribution in [2.24, 2.45) is 0 Å². The van der Waals surface area contributed by atoms with E-state index >= 15 is 0 Å². The number of rotatable bonds is 6. The van der Waals surface area contributed by atoms with Gasteiger partial charge in [0.2, 0.25) is 5.95 Å². The van der Waals surface area contributed by atoms with E-state index in [-0.39, 0.29) is 24.2 Å². The molecule has 0 aliphatic heterocycles. The molecule has 1 saturated carbocycles. The van der Waals surface area contributed by atoms with E-state index < -0.39 is 17.6 Å². The fourth-order valence-electron chi connectivity index (χ4n) is 4.21. The number of hydrogen-bond donors (Lipinski definition) is 2. The summed E-state index contributed by atoms with van der Waals surface area (Å²) in [6.45, 7) is 0.201. The summed E-state index contributed by atoms with van der Waals surface area (Å²) in [6.07, 6.45) is -1.02. The minimum absolute atomic E-state index is 0.180. The van der Waals surface area contributed by atoms with Crippen LogP contribution in [-0.4, -0.2) is 36.1 Å². The predicted octanol–water partition coefficient (Wildman–Crippen LogP) is 5.37. The minimum Gasteiger partial charge on any atom is -0.362 e. The summed E-state index contributed by atoms with van der Waals surface area (Å²) in [5.41, 5.74) is 0.153. The molecule has 1 aliphatic carbocycles. The molecule has 9 heteroatoms. The lowest BCUT2D eigenvalue weighted by molar-refractivity contribution is -0.137. The van der Waals surface area contributed by atoms with Crippen LogP contribution < -0.4 is 15.5 Å². The molecule has 0 spiro atoms. The summed E-state index contributed by atoms with van der Waals surface area (Å²) >= 11 is 0. The number of aromatic nitrogens is 2. The topological polar surface area (TPSA) is 53.1 Å². The molecule has 0 atom stereocenters. The normalized spacial score (nSPS) is 19.0. The van der Waals surface area contributed by atoms with Gasteiger partial charge in [-0.15, -0.1) is 0 Å². The number of benzene rings is 2. The van der Waals surface area contributed by atoms with Crippen molar-refractivity contribution in [1.29, 1.82) is 0 Å². The maximum Gasteiger partial charge on any atom is 0.416 e. The zero-order valence-corrected chi connectivity index (χ0v) is 18.6. The summed E-state index contributed by atoms with van der Waals surface area (Å²) in [5, 5.41) is 7.73. The van der Waals surface area contributed by atoms with E-state index in [1.807, 2.05) is 43.3 Å². The number of anilines is 2. The van der Waals surface area contributed by atoms with Crippen LogP contribution in [0.1, 0.15) is 36.8 Å².